The molecule has 160 valence electrons. The predicted molar refractivity (Wildman–Crippen MR) is 125 cm³/mol. The lowest BCUT2D eigenvalue weighted by molar-refractivity contribution is -0.128. The maximum absolute atomic E-state index is 13.4. The lowest BCUT2D eigenvalue weighted by atomic mass is 9.97. The second kappa shape index (κ2) is 10.5. The zero-order valence-corrected chi connectivity index (χ0v) is 18.5. The number of hydrogen-bond acceptors (Lipinski definition) is 3. The van der Waals surface area contributed by atoms with Crippen LogP contribution in [-0.2, 0) is 11.3 Å². The van der Waals surface area contributed by atoms with Crippen LogP contribution in [0.3, 0.4) is 0 Å². The van der Waals surface area contributed by atoms with Gasteiger partial charge < -0.3 is 14.4 Å². The van der Waals surface area contributed by atoms with Crippen molar-refractivity contribution in [2.45, 2.75) is 26.4 Å². The first-order valence-corrected chi connectivity index (χ1v) is 10.4. The van der Waals surface area contributed by atoms with Gasteiger partial charge in [0.2, 0.25) is 5.91 Å². The minimum atomic E-state index is -0.0273. The topological polar surface area (TPSA) is 38.8 Å². The number of amides is 1. The third-order valence-corrected chi connectivity index (χ3v) is 5.17. The summed E-state index contributed by atoms with van der Waals surface area (Å²) in [5, 5.41) is 0. The smallest absolute Gasteiger partial charge is 0.247 e. The molecule has 3 rings (SSSR count). The molecule has 4 heteroatoms. The summed E-state index contributed by atoms with van der Waals surface area (Å²) in [5.41, 5.74) is 3.85. The molecular weight excluding hydrogens is 386 g/mol. The van der Waals surface area contributed by atoms with Gasteiger partial charge in [0.1, 0.15) is 11.5 Å². The van der Waals surface area contributed by atoms with E-state index in [4.69, 9.17) is 9.47 Å². The van der Waals surface area contributed by atoms with Gasteiger partial charge >= 0.3 is 0 Å². The number of rotatable bonds is 8. The molecule has 0 spiro atoms. The third kappa shape index (κ3) is 5.76. The summed E-state index contributed by atoms with van der Waals surface area (Å²) in [6.07, 6.45) is 1.73. The van der Waals surface area contributed by atoms with Crippen molar-refractivity contribution in [1.29, 1.82) is 0 Å². The first-order valence-electron chi connectivity index (χ1n) is 10.4. The van der Waals surface area contributed by atoms with E-state index in [0.717, 1.165) is 33.8 Å². The maximum Gasteiger partial charge on any atom is 0.247 e. The molecule has 31 heavy (non-hydrogen) atoms. The molecule has 0 fully saturated rings. The van der Waals surface area contributed by atoms with Gasteiger partial charge in [-0.25, -0.2) is 0 Å². The highest BCUT2D eigenvalue weighted by Gasteiger charge is 2.18. The molecule has 1 amide bonds. The zero-order valence-electron chi connectivity index (χ0n) is 18.5. The van der Waals surface area contributed by atoms with Gasteiger partial charge in [0.05, 0.1) is 14.2 Å². The number of hydrogen-bond donors (Lipinski definition) is 0. The van der Waals surface area contributed by atoms with E-state index in [0.29, 0.717) is 6.54 Å². The fraction of sp³-hybridized carbons (Fsp3) is 0.222. The Balaban J connectivity index is 1.99. The molecule has 0 aromatic heterocycles. The van der Waals surface area contributed by atoms with Crippen molar-refractivity contribution < 1.29 is 14.3 Å². The fourth-order valence-corrected chi connectivity index (χ4v) is 3.38. The number of ether oxygens (including phenoxy) is 2. The highest BCUT2D eigenvalue weighted by atomic mass is 16.5. The molecule has 0 unspecified atom stereocenters. The second-order valence-corrected chi connectivity index (χ2v) is 7.56. The van der Waals surface area contributed by atoms with E-state index >= 15 is 0 Å². The van der Waals surface area contributed by atoms with Crippen LogP contribution < -0.4 is 9.47 Å². The molecule has 0 bridgehead atoms. The summed E-state index contributed by atoms with van der Waals surface area (Å²) in [6, 6.07) is 25.6. The van der Waals surface area contributed by atoms with Crippen LogP contribution in [0.4, 0.5) is 0 Å². The molecule has 4 nitrogen and oxygen atoms in total. The predicted octanol–water partition coefficient (Wildman–Crippen LogP) is 5.57. The molecule has 3 aromatic carbocycles. The quantitative estimate of drug-likeness (QED) is 0.451. The van der Waals surface area contributed by atoms with E-state index in [-0.39, 0.29) is 11.9 Å². The van der Waals surface area contributed by atoms with Crippen LogP contribution in [0.25, 0.3) is 5.57 Å². The number of benzene rings is 3. The Labute approximate surface area is 184 Å². The highest BCUT2D eigenvalue weighted by molar-refractivity contribution is 5.99. The molecule has 3 aromatic rings. The molecule has 0 atom stereocenters. The second-order valence-electron chi connectivity index (χ2n) is 7.56. The van der Waals surface area contributed by atoms with Crippen LogP contribution >= 0.6 is 0 Å². The summed E-state index contributed by atoms with van der Waals surface area (Å²) in [7, 11) is 3.28. The van der Waals surface area contributed by atoms with Gasteiger partial charge in [0.25, 0.3) is 0 Å². The highest BCUT2D eigenvalue weighted by Crippen LogP contribution is 2.27. The van der Waals surface area contributed by atoms with E-state index < -0.39 is 0 Å². The van der Waals surface area contributed by atoms with Crippen LogP contribution in [0.1, 0.15) is 30.5 Å². The van der Waals surface area contributed by atoms with Crippen molar-refractivity contribution in [3.63, 3.8) is 0 Å². The molecule has 0 aliphatic heterocycles. The Hall–Kier alpha value is -3.53. The van der Waals surface area contributed by atoms with Crippen LogP contribution in [-0.4, -0.2) is 31.1 Å². The van der Waals surface area contributed by atoms with Gasteiger partial charge in [-0.2, -0.15) is 0 Å². The van der Waals surface area contributed by atoms with Gasteiger partial charge in [-0.15, -0.1) is 0 Å². The van der Waals surface area contributed by atoms with E-state index in [2.05, 4.69) is 0 Å². The van der Waals surface area contributed by atoms with Crippen LogP contribution in [0.2, 0.25) is 0 Å². The van der Waals surface area contributed by atoms with Crippen molar-refractivity contribution in [1.82, 2.24) is 4.90 Å². The molecule has 0 aliphatic carbocycles. The normalized spacial score (nSPS) is 10.5. The van der Waals surface area contributed by atoms with E-state index in [1.54, 1.807) is 20.3 Å². The molecule has 0 N–H and O–H groups in total. The van der Waals surface area contributed by atoms with Crippen LogP contribution in [0.5, 0.6) is 11.5 Å². The first kappa shape index (κ1) is 22.2. The van der Waals surface area contributed by atoms with E-state index in [1.807, 2.05) is 97.6 Å². The number of carbonyl (C=O) groups is 1. The number of nitrogens with zero attached hydrogens (tertiary/aromatic N) is 1. The maximum atomic E-state index is 13.4. The average molecular weight is 416 g/mol. The first-order chi connectivity index (χ1) is 15.0. The average Bonchev–Trinajstić information content (AvgIpc) is 2.81. The largest absolute Gasteiger partial charge is 0.497 e. The Morgan fingerprint density at radius 2 is 1.29 bits per heavy atom. The fourth-order valence-electron chi connectivity index (χ4n) is 3.38. The van der Waals surface area contributed by atoms with Crippen molar-refractivity contribution in [3.8, 4) is 11.5 Å². The Bertz CT molecular complexity index is 957. The molecule has 0 aliphatic rings. The van der Waals surface area contributed by atoms with Crippen molar-refractivity contribution in [2.24, 2.45) is 0 Å². The lowest BCUT2D eigenvalue weighted by Gasteiger charge is -2.26. The standard InChI is InChI=1S/C27H29NO3/c1-20(2)28(19-21-8-6-5-7-9-21)27(29)18-26(22-10-14-24(30-3)15-11-22)23-12-16-25(31-4)17-13-23/h5-18,20H,19H2,1-4H3. The van der Waals surface area contributed by atoms with Crippen LogP contribution in [0.15, 0.2) is 84.9 Å². The van der Waals surface area contributed by atoms with Crippen molar-refractivity contribution in [2.75, 3.05) is 14.2 Å². The summed E-state index contributed by atoms with van der Waals surface area (Å²) < 4.78 is 10.6. The minimum Gasteiger partial charge on any atom is -0.497 e. The molecule has 0 saturated heterocycles. The van der Waals surface area contributed by atoms with Crippen molar-refractivity contribution in [3.05, 3.63) is 102 Å². The molecular formula is C27H29NO3. The summed E-state index contributed by atoms with van der Waals surface area (Å²) in [6.45, 7) is 4.64. The number of methoxy groups -OCH3 is 2. The van der Waals surface area contributed by atoms with Crippen LogP contribution in [0, 0.1) is 0 Å². The monoisotopic (exact) mass is 415 g/mol. The summed E-state index contributed by atoms with van der Waals surface area (Å²) in [4.78, 5) is 15.3. The van der Waals surface area contributed by atoms with Gasteiger partial charge in [-0.3, -0.25) is 4.79 Å². The summed E-state index contributed by atoms with van der Waals surface area (Å²) in [5.74, 6) is 1.52. The Morgan fingerprint density at radius 3 is 1.71 bits per heavy atom. The van der Waals surface area contributed by atoms with Crippen molar-refractivity contribution >= 4 is 11.5 Å². The lowest BCUT2D eigenvalue weighted by Crippen LogP contribution is -2.35. The van der Waals surface area contributed by atoms with Gasteiger partial charge in [0, 0.05) is 18.7 Å². The minimum absolute atomic E-state index is 0.0273. The molecule has 0 saturated carbocycles. The molecule has 0 radical (unpaired) electrons. The van der Waals surface area contributed by atoms with Gasteiger partial charge in [0.15, 0.2) is 0 Å². The van der Waals surface area contributed by atoms with Gasteiger partial charge in [-0.1, -0.05) is 54.6 Å². The zero-order chi connectivity index (χ0) is 22.2. The van der Waals surface area contributed by atoms with E-state index in [1.165, 1.54) is 0 Å². The number of carbonyl (C=O) groups excluding carboxylic acids is 1. The van der Waals surface area contributed by atoms with E-state index in [9.17, 15) is 4.79 Å². The Kier molecular flexibility index (Phi) is 7.50. The Morgan fingerprint density at radius 1 is 0.806 bits per heavy atom. The molecule has 0 heterocycles. The summed E-state index contributed by atoms with van der Waals surface area (Å²) >= 11 is 0. The third-order valence-electron chi connectivity index (χ3n) is 5.17. The SMILES string of the molecule is COc1ccc(C(=CC(=O)N(Cc2ccccc2)C(C)C)c2ccc(OC)cc2)cc1. The van der Waals surface area contributed by atoms with Gasteiger partial charge in [-0.05, 0) is 60.4 Å².